The van der Waals surface area contributed by atoms with Crippen molar-refractivity contribution < 1.29 is 13.2 Å². The Morgan fingerprint density at radius 1 is 1.32 bits per heavy atom. The van der Waals surface area contributed by atoms with Crippen molar-refractivity contribution in [2.24, 2.45) is 0 Å². The molecule has 1 amide bonds. The zero-order chi connectivity index (χ0) is 14.3. The van der Waals surface area contributed by atoms with Gasteiger partial charge in [0.1, 0.15) is 15.7 Å². The van der Waals surface area contributed by atoms with Crippen molar-refractivity contribution in [3.8, 4) is 0 Å². The van der Waals surface area contributed by atoms with Crippen LogP contribution in [0.1, 0.15) is 23.7 Å². The quantitative estimate of drug-likeness (QED) is 0.769. The monoisotopic (exact) mass is 285 g/mol. The first-order valence-electron chi connectivity index (χ1n) is 6.08. The summed E-state index contributed by atoms with van der Waals surface area (Å²) < 4.78 is 21.8. The number of hydrogen-bond acceptors (Lipinski definition) is 5. The molecule has 0 radical (unpaired) electrons. The van der Waals surface area contributed by atoms with Crippen molar-refractivity contribution in [1.82, 2.24) is 10.3 Å². The van der Waals surface area contributed by atoms with Crippen molar-refractivity contribution in [3.05, 3.63) is 23.9 Å². The molecule has 1 aromatic heterocycles. The van der Waals surface area contributed by atoms with E-state index < -0.39 is 9.84 Å². The van der Waals surface area contributed by atoms with Crippen molar-refractivity contribution in [2.75, 3.05) is 30.4 Å². The largest absolute Gasteiger partial charge is 0.370 e. The Labute approximate surface area is 113 Å². The number of sulfone groups is 1. The van der Waals surface area contributed by atoms with Crippen LogP contribution in [0.2, 0.25) is 0 Å². The lowest BCUT2D eigenvalue weighted by Gasteiger charge is -2.06. The van der Waals surface area contributed by atoms with E-state index in [1.165, 1.54) is 6.20 Å². The number of hydrogen-bond donors (Lipinski definition) is 2. The molecule has 1 rings (SSSR count). The van der Waals surface area contributed by atoms with Crippen LogP contribution in [0.25, 0.3) is 0 Å². The lowest BCUT2D eigenvalue weighted by atomic mass is 10.2. The number of aromatic nitrogens is 1. The molecule has 0 fully saturated rings. The predicted octanol–water partition coefficient (Wildman–Crippen LogP) is 0.678. The molecule has 1 heterocycles. The van der Waals surface area contributed by atoms with Crippen LogP contribution in [0.15, 0.2) is 18.3 Å². The molecule has 0 aliphatic heterocycles. The highest BCUT2D eigenvalue weighted by atomic mass is 32.2. The molecule has 0 aliphatic carbocycles. The summed E-state index contributed by atoms with van der Waals surface area (Å²) >= 11 is 0. The Morgan fingerprint density at radius 3 is 2.58 bits per heavy atom. The Balaban J connectivity index is 2.49. The number of carbonyl (C=O) groups is 1. The van der Waals surface area contributed by atoms with Gasteiger partial charge in [-0.15, -0.1) is 0 Å². The third-order valence-corrected chi connectivity index (χ3v) is 3.29. The first kappa shape index (κ1) is 15.4. The van der Waals surface area contributed by atoms with Gasteiger partial charge in [-0.1, -0.05) is 6.92 Å². The fraction of sp³-hybridized carbons (Fsp3) is 0.500. The molecule has 19 heavy (non-hydrogen) atoms. The van der Waals surface area contributed by atoms with Gasteiger partial charge >= 0.3 is 0 Å². The minimum absolute atomic E-state index is 0.0672. The van der Waals surface area contributed by atoms with Gasteiger partial charge in [0, 0.05) is 25.5 Å². The third kappa shape index (κ3) is 6.19. The SMILES string of the molecule is CCCNc1ccc(C(=O)NCCS(C)(=O)=O)cn1. The molecular formula is C12H19N3O3S. The van der Waals surface area contributed by atoms with Crippen LogP contribution in [0.4, 0.5) is 5.82 Å². The van der Waals surface area contributed by atoms with Crippen molar-refractivity contribution >= 4 is 21.6 Å². The van der Waals surface area contributed by atoms with Gasteiger partial charge in [-0.3, -0.25) is 4.79 Å². The van der Waals surface area contributed by atoms with E-state index in [1.807, 2.05) is 0 Å². The van der Waals surface area contributed by atoms with Crippen LogP contribution in [0, 0.1) is 0 Å². The van der Waals surface area contributed by atoms with E-state index in [1.54, 1.807) is 12.1 Å². The summed E-state index contributed by atoms with van der Waals surface area (Å²) in [6.45, 7) is 2.98. The number of anilines is 1. The van der Waals surface area contributed by atoms with Crippen LogP contribution >= 0.6 is 0 Å². The van der Waals surface area contributed by atoms with E-state index in [-0.39, 0.29) is 18.2 Å². The number of nitrogens with one attached hydrogen (secondary N) is 2. The maximum absolute atomic E-state index is 11.7. The summed E-state index contributed by atoms with van der Waals surface area (Å²) in [5.41, 5.74) is 0.413. The lowest BCUT2D eigenvalue weighted by molar-refractivity contribution is 0.0956. The topological polar surface area (TPSA) is 88.2 Å². The highest BCUT2D eigenvalue weighted by molar-refractivity contribution is 7.90. The molecule has 7 heteroatoms. The van der Waals surface area contributed by atoms with Gasteiger partial charge in [-0.25, -0.2) is 13.4 Å². The van der Waals surface area contributed by atoms with Crippen LogP contribution in [-0.2, 0) is 9.84 Å². The fourth-order valence-corrected chi connectivity index (χ4v) is 1.81. The average Bonchev–Trinajstić information content (AvgIpc) is 2.35. The van der Waals surface area contributed by atoms with E-state index in [2.05, 4.69) is 22.5 Å². The Hall–Kier alpha value is -1.63. The standard InChI is InChI=1S/C12H19N3O3S/c1-3-6-13-11-5-4-10(9-15-11)12(16)14-7-8-19(2,17)18/h4-5,9H,3,6-8H2,1-2H3,(H,13,15)(H,14,16). The molecule has 0 atom stereocenters. The minimum Gasteiger partial charge on any atom is -0.370 e. The second kappa shape index (κ2) is 7.08. The third-order valence-electron chi connectivity index (χ3n) is 2.34. The number of nitrogens with zero attached hydrogens (tertiary/aromatic N) is 1. The average molecular weight is 285 g/mol. The zero-order valence-electron chi connectivity index (χ0n) is 11.1. The normalized spacial score (nSPS) is 11.1. The van der Waals surface area contributed by atoms with Gasteiger partial charge in [-0.05, 0) is 18.6 Å². The number of pyridine rings is 1. The molecule has 106 valence electrons. The first-order chi connectivity index (χ1) is 8.92. The van der Waals surface area contributed by atoms with Crippen molar-refractivity contribution in [2.45, 2.75) is 13.3 Å². The van der Waals surface area contributed by atoms with E-state index in [0.29, 0.717) is 5.56 Å². The molecule has 2 N–H and O–H groups in total. The molecule has 0 unspecified atom stereocenters. The molecule has 0 saturated carbocycles. The van der Waals surface area contributed by atoms with E-state index >= 15 is 0 Å². The predicted molar refractivity (Wildman–Crippen MR) is 75.1 cm³/mol. The highest BCUT2D eigenvalue weighted by Crippen LogP contribution is 2.04. The van der Waals surface area contributed by atoms with Gasteiger partial charge < -0.3 is 10.6 Å². The van der Waals surface area contributed by atoms with E-state index in [4.69, 9.17) is 0 Å². The van der Waals surface area contributed by atoms with Crippen molar-refractivity contribution in [3.63, 3.8) is 0 Å². The molecule has 0 saturated heterocycles. The molecule has 1 aromatic rings. The second-order valence-electron chi connectivity index (χ2n) is 4.24. The van der Waals surface area contributed by atoms with Crippen LogP contribution in [0.3, 0.4) is 0 Å². The van der Waals surface area contributed by atoms with E-state index in [0.717, 1.165) is 25.0 Å². The molecule has 6 nitrogen and oxygen atoms in total. The Kier molecular flexibility index (Phi) is 5.75. The summed E-state index contributed by atoms with van der Waals surface area (Å²) in [7, 11) is -3.06. The smallest absolute Gasteiger partial charge is 0.252 e. The van der Waals surface area contributed by atoms with Gasteiger partial charge in [-0.2, -0.15) is 0 Å². The Morgan fingerprint density at radius 2 is 2.05 bits per heavy atom. The van der Waals surface area contributed by atoms with Crippen LogP contribution < -0.4 is 10.6 Å². The summed E-state index contributed by atoms with van der Waals surface area (Å²) in [6, 6.07) is 3.38. The Bertz CT molecular complexity index is 512. The number of rotatable bonds is 7. The maximum atomic E-state index is 11.7. The zero-order valence-corrected chi connectivity index (χ0v) is 12.0. The van der Waals surface area contributed by atoms with Gasteiger partial charge in [0.25, 0.3) is 5.91 Å². The molecule has 0 aromatic carbocycles. The van der Waals surface area contributed by atoms with Gasteiger partial charge in [0.05, 0.1) is 11.3 Å². The minimum atomic E-state index is -3.06. The van der Waals surface area contributed by atoms with Crippen LogP contribution in [0.5, 0.6) is 0 Å². The van der Waals surface area contributed by atoms with Crippen molar-refractivity contribution in [1.29, 1.82) is 0 Å². The molecule has 0 aliphatic rings. The summed E-state index contributed by atoms with van der Waals surface area (Å²) in [5, 5.41) is 5.64. The van der Waals surface area contributed by atoms with Gasteiger partial charge in [0.15, 0.2) is 0 Å². The van der Waals surface area contributed by atoms with Crippen LogP contribution in [-0.4, -0.2) is 44.4 Å². The lowest BCUT2D eigenvalue weighted by Crippen LogP contribution is -2.28. The number of amides is 1. The second-order valence-corrected chi connectivity index (χ2v) is 6.50. The maximum Gasteiger partial charge on any atom is 0.252 e. The molecule has 0 spiro atoms. The van der Waals surface area contributed by atoms with Gasteiger partial charge in [0.2, 0.25) is 0 Å². The summed E-state index contributed by atoms with van der Waals surface area (Å²) in [6.07, 6.45) is 3.60. The number of carbonyl (C=O) groups excluding carboxylic acids is 1. The highest BCUT2D eigenvalue weighted by Gasteiger charge is 2.07. The van der Waals surface area contributed by atoms with E-state index in [9.17, 15) is 13.2 Å². The molecular weight excluding hydrogens is 266 g/mol. The summed E-state index contributed by atoms with van der Waals surface area (Å²) in [5.74, 6) is 0.329. The molecule has 0 bridgehead atoms. The first-order valence-corrected chi connectivity index (χ1v) is 8.14. The fourth-order valence-electron chi connectivity index (χ4n) is 1.34. The summed E-state index contributed by atoms with van der Waals surface area (Å²) in [4.78, 5) is 15.8.